The van der Waals surface area contributed by atoms with Crippen LogP contribution < -0.4 is 9.62 Å². The number of carbonyl (C=O) groups is 1. The van der Waals surface area contributed by atoms with Crippen molar-refractivity contribution in [3.05, 3.63) is 96.1 Å². The Hall–Kier alpha value is -3.38. The Morgan fingerprint density at radius 1 is 1.03 bits per heavy atom. The van der Waals surface area contributed by atoms with Crippen LogP contribution in [0, 0.1) is 6.92 Å². The van der Waals surface area contributed by atoms with Gasteiger partial charge in [0, 0.05) is 23.2 Å². The molecule has 0 unspecified atom stereocenters. The third-order valence-electron chi connectivity index (χ3n) is 5.27. The van der Waals surface area contributed by atoms with Crippen LogP contribution in [0.5, 0.6) is 0 Å². The topological polar surface area (TPSA) is 66.5 Å². The summed E-state index contributed by atoms with van der Waals surface area (Å²) in [4.78, 5) is 13.0. The lowest BCUT2D eigenvalue weighted by Gasteiger charge is -2.31. The van der Waals surface area contributed by atoms with Crippen LogP contribution >= 0.6 is 0 Å². The highest BCUT2D eigenvalue weighted by Crippen LogP contribution is 2.43. The molecule has 0 saturated heterocycles. The van der Waals surface area contributed by atoms with Gasteiger partial charge in [0.2, 0.25) is 0 Å². The summed E-state index contributed by atoms with van der Waals surface area (Å²) in [6.07, 6.45) is 1.55. The van der Waals surface area contributed by atoms with E-state index in [-0.39, 0.29) is 17.3 Å². The third-order valence-corrected chi connectivity index (χ3v) is 7.11. The van der Waals surface area contributed by atoms with Gasteiger partial charge in [0.15, 0.2) is 0 Å². The van der Waals surface area contributed by atoms with Gasteiger partial charge < -0.3 is 5.32 Å². The first kappa shape index (κ1) is 19.9. The molecule has 0 aromatic heterocycles. The Morgan fingerprint density at radius 2 is 1.77 bits per heavy atom. The van der Waals surface area contributed by atoms with Crippen LogP contribution in [0.2, 0.25) is 0 Å². The lowest BCUT2D eigenvalue weighted by molar-refractivity contribution is 0.0951. The molecule has 5 nitrogen and oxygen atoms in total. The molecule has 0 radical (unpaired) electrons. The number of hydrogen-bond acceptors (Lipinski definition) is 3. The maximum absolute atomic E-state index is 13.1. The average Bonchev–Trinajstić information content (AvgIpc) is 2.75. The fourth-order valence-corrected chi connectivity index (χ4v) is 5.34. The van der Waals surface area contributed by atoms with Crippen molar-refractivity contribution in [2.75, 3.05) is 10.8 Å². The maximum Gasteiger partial charge on any atom is 0.265 e. The minimum Gasteiger partial charge on any atom is -0.348 e. The first-order chi connectivity index (χ1) is 14.4. The van der Waals surface area contributed by atoms with Gasteiger partial charge in [-0.15, -0.1) is 6.58 Å². The Labute approximate surface area is 176 Å². The van der Waals surface area contributed by atoms with Crippen LogP contribution in [0.25, 0.3) is 11.1 Å². The molecule has 0 atom stereocenters. The van der Waals surface area contributed by atoms with Gasteiger partial charge in [0.1, 0.15) is 0 Å². The van der Waals surface area contributed by atoms with Crippen molar-refractivity contribution in [1.29, 1.82) is 0 Å². The van der Waals surface area contributed by atoms with Gasteiger partial charge in [-0.25, -0.2) is 8.42 Å². The van der Waals surface area contributed by atoms with Crippen LogP contribution in [-0.4, -0.2) is 20.9 Å². The van der Waals surface area contributed by atoms with Gasteiger partial charge in [0.25, 0.3) is 15.9 Å². The predicted molar refractivity (Wildman–Crippen MR) is 119 cm³/mol. The van der Waals surface area contributed by atoms with Gasteiger partial charge in [-0.3, -0.25) is 9.10 Å². The van der Waals surface area contributed by atoms with Crippen molar-refractivity contribution in [2.45, 2.75) is 18.4 Å². The molecule has 0 fully saturated rings. The number of nitrogens with one attached hydrogen (secondary N) is 1. The number of rotatable bonds is 5. The molecule has 1 N–H and O–H groups in total. The highest BCUT2D eigenvalue weighted by atomic mass is 32.2. The number of anilines is 1. The normalized spacial score (nSPS) is 13.8. The smallest absolute Gasteiger partial charge is 0.265 e. The van der Waals surface area contributed by atoms with Crippen molar-refractivity contribution < 1.29 is 13.2 Å². The quantitative estimate of drug-likeness (QED) is 0.629. The Morgan fingerprint density at radius 3 is 2.53 bits per heavy atom. The standard InChI is InChI=1S/C24H22N2O3S/c1-3-14-26-22-13-12-18(24(27)25-16-19-9-5-4-8-17(19)2)15-21(22)20-10-6-7-11-23(20)30(26,28)29/h3-13,15H,1,14,16H2,2H3,(H,25,27). The monoisotopic (exact) mass is 418 g/mol. The van der Waals surface area contributed by atoms with E-state index in [4.69, 9.17) is 0 Å². The van der Waals surface area contributed by atoms with E-state index in [1.165, 1.54) is 4.31 Å². The van der Waals surface area contributed by atoms with E-state index in [1.807, 2.05) is 31.2 Å². The molecule has 1 aliphatic heterocycles. The zero-order valence-electron chi connectivity index (χ0n) is 16.6. The summed E-state index contributed by atoms with van der Waals surface area (Å²) in [5.74, 6) is -0.206. The minimum absolute atomic E-state index is 0.155. The first-order valence-corrected chi connectivity index (χ1v) is 11.1. The molecule has 0 saturated carbocycles. The number of fused-ring (bicyclic) bond motifs is 3. The SMILES string of the molecule is C=CCN1c2ccc(C(=O)NCc3ccccc3C)cc2-c2ccccc2S1(=O)=O. The van der Waals surface area contributed by atoms with E-state index in [0.29, 0.717) is 28.9 Å². The summed E-state index contributed by atoms with van der Waals surface area (Å²) in [6.45, 7) is 6.27. The fraction of sp³-hybridized carbons (Fsp3) is 0.125. The summed E-state index contributed by atoms with van der Waals surface area (Å²) >= 11 is 0. The van der Waals surface area contributed by atoms with E-state index in [1.54, 1.807) is 48.5 Å². The average molecular weight is 419 g/mol. The lowest BCUT2D eigenvalue weighted by atomic mass is 10.00. The number of amides is 1. The Bertz CT molecular complexity index is 1250. The first-order valence-electron chi connectivity index (χ1n) is 9.63. The molecule has 0 spiro atoms. The van der Waals surface area contributed by atoms with Crippen LogP contribution in [-0.2, 0) is 16.6 Å². The van der Waals surface area contributed by atoms with E-state index in [2.05, 4.69) is 11.9 Å². The maximum atomic E-state index is 13.1. The van der Waals surface area contributed by atoms with Gasteiger partial charge in [0.05, 0.1) is 17.1 Å². The second-order valence-electron chi connectivity index (χ2n) is 7.16. The molecule has 30 heavy (non-hydrogen) atoms. The molecule has 3 aromatic rings. The Kier molecular flexibility index (Phi) is 5.18. The molecule has 1 amide bonds. The molecule has 6 heteroatoms. The van der Waals surface area contributed by atoms with Crippen LogP contribution in [0.15, 0.2) is 84.3 Å². The number of aryl methyl sites for hydroxylation is 1. The molecule has 0 bridgehead atoms. The third kappa shape index (κ3) is 3.39. The summed E-state index contributed by atoms with van der Waals surface area (Å²) in [7, 11) is -3.68. The molecular weight excluding hydrogens is 396 g/mol. The van der Waals surface area contributed by atoms with E-state index >= 15 is 0 Å². The van der Waals surface area contributed by atoms with Crippen molar-refractivity contribution >= 4 is 21.6 Å². The van der Waals surface area contributed by atoms with Crippen LogP contribution in [0.4, 0.5) is 5.69 Å². The molecule has 152 valence electrons. The molecule has 3 aromatic carbocycles. The fourth-order valence-electron chi connectivity index (χ4n) is 3.67. The number of nitrogens with zero attached hydrogens (tertiary/aromatic N) is 1. The van der Waals surface area contributed by atoms with Crippen LogP contribution in [0.3, 0.4) is 0 Å². The second kappa shape index (κ2) is 7.80. The van der Waals surface area contributed by atoms with Gasteiger partial charge in [-0.05, 0) is 42.3 Å². The molecular formula is C24H22N2O3S. The number of hydrogen-bond donors (Lipinski definition) is 1. The molecule has 4 rings (SSSR count). The number of benzene rings is 3. The van der Waals surface area contributed by atoms with Gasteiger partial charge in [-0.2, -0.15) is 0 Å². The summed E-state index contributed by atoms with van der Waals surface area (Å²) in [5.41, 5.74) is 4.51. The van der Waals surface area contributed by atoms with Crippen molar-refractivity contribution in [1.82, 2.24) is 5.32 Å². The number of sulfonamides is 1. The van der Waals surface area contributed by atoms with Gasteiger partial charge >= 0.3 is 0 Å². The summed E-state index contributed by atoms with van der Waals surface area (Å²) in [5, 5.41) is 2.95. The second-order valence-corrected chi connectivity index (χ2v) is 8.99. The van der Waals surface area contributed by atoms with E-state index < -0.39 is 10.0 Å². The lowest BCUT2D eigenvalue weighted by Crippen LogP contribution is -2.34. The highest BCUT2D eigenvalue weighted by Gasteiger charge is 2.34. The van der Waals surface area contributed by atoms with Crippen LogP contribution in [0.1, 0.15) is 21.5 Å². The minimum atomic E-state index is -3.68. The van der Waals surface area contributed by atoms with E-state index in [9.17, 15) is 13.2 Å². The molecule has 0 aliphatic carbocycles. The molecule has 1 heterocycles. The predicted octanol–water partition coefficient (Wildman–Crippen LogP) is 4.29. The zero-order valence-corrected chi connectivity index (χ0v) is 17.4. The highest BCUT2D eigenvalue weighted by molar-refractivity contribution is 7.93. The van der Waals surface area contributed by atoms with E-state index in [0.717, 1.165) is 11.1 Å². The number of carbonyl (C=O) groups excluding carboxylic acids is 1. The van der Waals surface area contributed by atoms with Crippen molar-refractivity contribution in [3.63, 3.8) is 0 Å². The zero-order chi connectivity index (χ0) is 21.3. The molecule has 1 aliphatic rings. The summed E-state index contributed by atoms with van der Waals surface area (Å²) in [6, 6.07) is 19.9. The van der Waals surface area contributed by atoms with Gasteiger partial charge in [-0.1, -0.05) is 48.5 Å². The summed E-state index contributed by atoms with van der Waals surface area (Å²) < 4.78 is 27.5. The van der Waals surface area contributed by atoms with Crippen molar-refractivity contribution in [2.24, 2.45) is 0 Å². The van der Waals surface area contributed by atoms with Crippen molar-refractivity contribution in [3.8, 4) is 11.1 Å². The largest absolute Gasteiger partial charge is 0.348 e. The Balaban J connectivity index is 1.71.